The molecule has 0 spiro atoms. The molecule has 6 heteroatoms. The lowest BCUT2D eigenvalue weighted by atomic mass is 10.1. The molecule has 0 radical (unpaired) electrons. The van der Waals surface area contributed by atoms with E-state index in [9.17, 15) is 4.79 Å². The summed E-state index contributed by atoms with van der Waals surface area (Å²) in [7, 11) is 0. The van der Waals surface area contributed by atoms with E-state index in [1.807, 2.05) is 29.2 Å². The number of hydrogen-bond acceptors (Lipinski definition) is 4. The van der Waals surface area contributed by atoms with Gasteiger partial charge in [0.1, 0.15) is 0 Å². The monoisotopic (exact) mass is 314 g/mol. The van der Waals surface area contributed by atoms with Gasteiger partial charge in [-0.3, -0.25) is 14.8 Å². The molecule has 122 valence electrons. The maximum absolute atomic E-state index is 12.7. The van der Waals surface area contributed by atoms with Crippen LogP contribution in [0.15, 0.2) is 24.3 Å². The van der Waals surface area contributed by atoms with Crippen molar-refractivity contribution in [3.63, 3.8) is 0 Å². The fraction of sp³-hybridized carbons (Fsp3) is 0.529. The molecule has 6 nitrogen and oxygen atoms in total. The highest BCUT2D eigenvalue weighted by Gasteiger charge is 2.27. The number of nitrogens with zero attached hydrogens (tertiary/aromatic N) is 3. The van der Waals surface area contributed by atoms with E-state index in [1.165, 1.54) is 12.8 Å². The molecule has 2 fully saturated rings. The van der Waals surface area contributed by atoms with Crippen molar-refractivity contribution >= 4 is 16.8 Å². The zero-order chi connectivity index (χ0) is 15.6. The fourth-order valence-electron chi connectivity index (χ4n) is 3.49. The van der Waals surface area contributed by atoms with Crippen LogP contribution in [0, 0.1) is 0 Å². The molecule has 1 amide bonds. The number of para-hydroxylation sites is 1. The number of hydrogen-bond donors (Lipinski definition) is 1. The fourth-order valence-corrected chi connectivity index (χ4v) is 3.49. The minimum absolute atomic E-state index is 0.0271. The SMILES string of the molecule is O=C(c1n[nH]c2ccccc12)N1CCN(C[C@H]2CCCO2)CC1. The van der Waals surface area contributed by atoms with Gasteiger partial charge in [-0.15, -0.1) is 0 Å². The van der Waals surface area contributed by atoms with Crippen molar-refractivity contribution in [2.45, 2.75) is 18.9 Å². The maximum Gasteiger partial charge on any atom is 0.275 e. The third-order valence-corrected chi connectivity index (χ3v) is 4.82. The summed E-state index contributed by atoms with van der Waals surface area (Å²) in [5.41, 5.74) is 1.45. The average Bonchev–Trinajstić information content (AvgIpc) is 3.24. The Morgan fingerprint density at radius 3 is 2.87 bits per heavy atom. The second kappa shape index (κ2) is 6.29. The summed E-state index contributed by atoms with van der Waals surface area (Å²) in [6.45, 7) is 5.23. The molecule has 2 aliphatic heterocycles. The van der Waals surface area contributed by atoms with E-state index in [4.69, 9.17) is 4.74 Å². The van der Waals surface area contributed by atoms with Gasteiger partial charge in [0.15, 0.2) is 5.69 Å². The summed E-state index contributed by atoms with van der Waals surface area (Å²) < 4.78 is 5.70. The van der Waals surface area contributed by atoms with Gasteiger partial charge < -0.3 is 9.64 Å². The highest BCUT2D eigenvalue weighted by atomic mass is 16.5. The van der Waals surface area contributed by atoms with Crippen molar-refractivity contribution < 1.29 is 9.53 Å². The molecule has 3 heterocycles. The lowest BCUT2D eigenvalue weighted by molar-refractivity contribution is 0.0431. The Morgan fingerprint density at radius 1 is 1.26 bits per heavy atom. The predicted molar refractivity (Wildman–Crippen MR) is 87.4 cm³/mol. The zero-order valence-electron chi connectivity index (χ0n) is 13.2. The number of benzene rings is 1. The van der Waals surface area contributed by atoms with Crippen LogP contribution in [-0.4, -0.2) is 71.3 Å². The third kappa shape index (κ3) is 2.96. The van der Waals surface area contributed by atoms with Crippen LogP contribution < -0.4 is 0 Å². The molecular formula is C17H22N4O2. The molecule has 0 unspecified atom stereocenters. The normalized spacial score (nSPS) is 22.8. The molecule has 2 aromatic rings. The highest BCUT2D eigenvalue weighted by molar-refractivity contribution is 6.04. The van der Waals surface area contributed by atoms with Crippen molar-refractivity contribution in [3.8, 4) is 0 Å². The van der Waals surface area contributed by atoms with Crippen molar-refractivity contribution in [2.24, 2.45) is 0 Å². The standard InChI is InChI=1S/C17H22N4O2/c22-17(16-14-5-1-2-6-15(14)18-19-16)21-9-7-20(8-10-21)12-13-4-3-11-23-13/h1-2,5-6,13H,3-4,7-12H2,(H,18,19)/t13-/m1/s1. The van der Waals surface area contributed by atoms with Crippen molar-refractivity contribution in [3.05, 3.63) is 30.0 Å². The van der Waals surface area contributed by atoms with Crippen LogP contribution in [0.1, 0.15) is 23.3 Å². The number of rotatable bonds is 3. The largest absolute Gasteiger partial charge is 0.377 e. The van der Waals surface area contributed by atoms with E-state index in [0.29, 0.717) is 11.8 Å². The molecule has 1 atom stereocenters. The van der Waals surface area contributed by atoms with E-state index in [2.05, 4.69) is 15.1 Å². The molecular weight excluding hydrogens is 292 g/mol. The first-order valence-corrected chi connectivity index (χ1v) is 8.37. The van der Waals surface area contributed by atoms with Crippen LogP contribution in [0.25, 0.3) is 10.9 Å². The number of fused-ring (bicyclic) bond motifs is 1. The lowest BCUT2D eigenvalue weighted by Gasteiger charge is -2.35. The first kappa shape index (κ1) is 14.7. The number of carbonyl (C=O) groups excluding carboxylic acids is 1. The Kier molecular flexibility index (Phi) is 4.01. The second-order valence-corrected chi connectivity index (χ2v) is 6.35. The van der Waals surface area contributed by atoms with Crippen molar-refractivity contribution in [1.82, 2.24) is 20.0 Å². The van der Waals surface area contributed by atoms with Gasteiger partial charge in [0, 0.05) is 44.7 Å². The van der Waals surface area contributed by atoms with E-state index in [0.717, 1.165) is 50.2 Å². The molecule has 1 N–H and O–H groups in total. The Balaban J connectivity index is 1.39. The zero-order valence-corrected chi connectivity index (χ0v) is 13.2. The van der Waals surface area contributed by atoms with Gasteiger partial charge in [0.05, 0.1) is 11.6 Å². The lowest BCUT2D eigenvalue weighted by Crippen LogP contribution is -2.50. The van der Waals surface area contributed by atoms with E-state index < -0.39 is 0 Å². The Morgan fingerprint density at radius 2 is 2.09 bits per heavy atom. The number of piperazine rings is 1. The smallest absolute Gasteiger partial charge is 0.275 e. The van der Waals surface area contributed by atoms with E-state index >= 15 is 0 Å². The molecule has 1 aromatic heterocycles. The summed E-state index contributed by atoms with van der Waals surface area (Å²) in [4.78, 5) is 17.0. The minimum Gasteiger partial charge on any atom is -0.377 e. The van der Waals surface area contributed by atoms with Crippen molar-refractivity contribution in [1.29, 1.82) is 0 Å². The molecule has 1 aromatic carbocycles. The summed E-state index contributed by atoms with van der Waals surface area (Å²) in [6.07, 6.45) is 2.72. The summed E-state index contributed by atoms with van der Waals surface area (Å²) in [5, 5.41) is 8.07. The van der Waals surface area contributed by atoms with Crippen LogP contribution in [0.4, 0.5) is 0 Å². The summed E-state index contributed by atoms with van der Waals surface area (Å²) in [6, 6.07) is 7.77. The third-order valence-electron chi connectivity index (χ3n) is 4.82. The predicted octanol–water partition coefficient (Wildman–Crippen LogP) is 1.50. The first-order chi connectivity index (χ1) is 11.3. The maximum atomic E-state index is 12.7. The van der Waals surface area contributed by atoms with Gasteiger partial charge in [0.25, 0.3) is 5.91 Å². The molecule has 4 rings (SSSR count). The van der Waals surface area contributed by atoms with Gasteiger partial charge in [0.2, 0.25) is 0 Å². The Hall–Kier alpha value is -1.92. The van der Waals surface area contributed by atoms with Crippen LogP contribution in [-0.2, 0) is 4.74 Å². The van der Waals surface area contributed by atoms with Crippen LogP contribution in [0.2, 0.25) is 0 Å². The molecule has 0 saturated carbocycles. The van der Waals surface area contributed by atoms with Crippen LogP contribution in [0.5, 0.6) is 0 Å². The number of carbonyl (C=O) groups is 1. The molecule has 0 bridgehead atoms. The van der Waals surface area contributed by atoms with Gasteiger partial charge in [-0.2, -0.15) is 5.10 Å². The average molecular weight is 314 g/mol. The Bertz CT molecular complexity index is 685. The number of nitrogens with one attached hydrogen (secondary N) is 1. The van der Waals surface area contributed by atoms with Crippen LogP contribution >= 0.6 is 0 Å². The molecule has 23 heavy (non-hydrogen) atoms. The van der Waals surface area contributed by atoms with E-state index in [-0.39, 0.29) is 5.91 Å². The quantitative estimate of drug-likeness (QED) is 0.932. The van der Waals surface area contributed by atoms with Gasteiger partial charge in [-0.25, -0.2) is 0 Å². The van der Waals surface area contributed by atoms with Crippen LogP contribution in [0.3, 0.4) is 0 Å². The number of H-pyrrole nitrogens is 1. The van der Waals surface area contributed by atoms with Gasteiger partial charge in [-0.1, -0.05) is 18.2 Å². The number of aromatic amines is 1. The summed E-state index contributed by atoms with van der Waals surface area (Å²) in [5.74, 6) is 0.0271. The van der Waals surface area contributed by atoms with Gasteiger partial charge in [-0.05, 0) is 18.9 Å². The number of amides is 1. The second-order valence-electron chi connectivity index (χ2n) is 6.35. The topological polar surface area (TPSA) is 61.5 Å². The molecule has 2 aliphatic rings. The van der Waals surface area contributed by atoms with E-state index in [1.54, 1.807) is 0 Å². The van der Waals surface area contributed by atoms with Gasteiger partial charge >= 0.3 is 0 Å². The highest BCUT2D eigenvalue weighted by Crippen LogP contribution is 2.18. The minimum atomic E-state index is 0.0271. The first-order valence-electron chi connectivity index (χ1n) is 8.37. The number of aromatic nitrogens is 2. The summed E-state index contributed by atoms with van der Waals surface area (Å²) >= 11 is 0. The van der Waals surface area contributed by atoms with Crippen molar-refractivity contribution in [2.75, 3.05) is 39.3 Å². The number of ether oxygens (including phenoxy) is 1. The molecule has 0 aliphatic carbocycles. The molecule has 2 saturated heterocycles. The Labute approximate surface area is 135 Å².